The average Bonchev–Trinajstić information content (AvgIpc) is 3.12. The predicted molar refractivity (Wildman–Crippen MR) is 116 cm³/mol. The molecule has 4 rings (SSSR count). The minimum absolute atomic E-state index is 0.0764. The van der Waals surface area contributed by atoms with E-state index in [-0.39, 0.29) is 5.91 Å². The fourth-order valence-corrected chi connectivity index (χ4v) is 4.65. The molecule has 3 aromatic rings. The zero-order valence-electron chi connectivity index (χ0n) is 15.8. The van der Waals surface area contributed by atoms with Crippen LogP contribution in [-0.4, -0.2) is 19.2 Å². The van der Waals surface area contributed by atoms with Crippen LogP contribution in [0.2, 0.25) is 0 Å². The summed E-state index contributed by atoms with van der Waals surface area (Å²) < 4.78 is 5.20. The summed E-state index contributed by atoms with van der Waals surface area (Å²) >= 11 is 1.64. The van der Waals surface area contributed by atoms with Gasteiger partial charge in [-0.05, 0) is 73.2 Å². The van der Waals surface area contributed by atoms with Gasteiger partial charge >= 0.3 is 0 Å². The number of hydrogen-bond acceptors (Lipinski definition) is 4. The molecule has 1 amide bonds. The number of ether oxygens (including phenoxy) is 1. The second-order valence-corrected chi connectivity index (χ2v) is 7.83. The molecule has 0 saturated heterocycles. The van der Waals surface area contributed by atoms with Crippen molar-refractivity contribution in [2.24, 2.45) is 4.99 Å². The molecule has 0 radical (unpaired) electrons. The molecule has 0 fully saturated rings. The van der Waals surface area contributed by atoms with Gasteiger partial charge in [0.05, 0.1) is 12.7 Å². The van der Waals surface area contributed by atoms with Gasteiger partial charge in [0.25, 0.3) is 5.91 Å². The Hall–Kier alpha value is -2.92. The fraction of sp³-hybridized carbons (Fsp3) is 0.217. The molecule has 1 aliphatic rings. The van der Waals surface area contributed by atoms with Crippen LogP contribution >= 0.6 is 11.3 Å². The number of carbonyl (C=O) groups is 1. The number of aryl methyl sites for hydroxylation is 1. The van der Waals surface area contributed by atoms with Crippen LogP contribution < -0.4 is 10.1 Å². The highest BCUT2D eigenvalue weighted by molar-refractivity contribution is 7.16. The molecule has 2 aromatic carbocycles. The summed E-state index contributed by atoms with van der Waals surface area (Å²) in [6, 6.07) is 17.3. The lowest BCUT2D eigenvalue weighted by Crippen LogP contribution is -2.14. The van der Waals surface area contributed by atoms with E-state index in [1.54, 1.807) is 18.4 Å². The summed E-state index contributed by atoms with van der Waals surface area (Å²) in [5, 5.41) is 3.81. The van der Waals surface area contributed by atoms with Gasteiger partial charge in [-0.2, -0.15) is 0 Å². The third-order valence-corrected chi connectivity index (χ3v) is 6.06. The van der Waals surface area contributed by atoms with E-state index in [9.17, 15) is 4.79 Å². The van der Waals surface area contributed by atoms with E-state index < -0.39 is 0 Å². The van der Waals surface area contributed by atoms with Crippen LogP contribution in [0.25, 0.3) is 0 Å². The van der Waals surface area contributed by atoms with E-state index in [1.807, 2.05) is 60.8 Å². The SMILES string of the molecule is COc1ccc(C=Nc2sc3c(c2C(=O)Nc2ccccc2)CCCC3)cc1. The van der Waals surface area contributed by atoms with Gasteiger partial charge in [0, 0.05) is 16.8 Å². The first-order valence-corrected chi connectivity index (χ1v) is 10.3. The number of para-hydroxylation sites is 1. The molecular formula is C23H22N2O2S. The number of thiophene rings is 1. The first kappa shape index (κ1) is 18.4. The van der Waals surface area contributed by atoms with Gasteiger partial charge in [-0.25, -0.2) is 4.99 Å². The molecular weight excluding hydrogens is 368 g/mol. The van der Waals surface area contributed by atoms with E-state index in [4.69, 9.17) is 9.73 Å². The van der Waals surface area contributed by atoms with Crippen molar-refractivity contribution in [1.29, 1.82) is 0 Å². The maximum Gasteiger partial charge on any atom is 0.259 e. The molecule has 0 saturated carbocycles. The molecule has 0 atom stereocenters. The molecule has 0 spiro atoms. The topological polar surface area (TPSA) is 50.7 Å². The summed E-state index contributed by atoms with van der Waals surface area (Å²) in [5.74, 6) is 0.735. The minimum Gasteiger partial charge on any atom is -0.497 e. The minimum atomic E-state index is -0.0764. The number of benzene rings is 2. The largest absolute Gasteiger partial charge is 0.497 e. The van der Waals surface area contributed by atoms with Crippen molar-refractivity contribution in [1.82, 2.24) is 0 Å². The molecule has 28 heavy (non-hydrogen) atoms. The lowest BCUT2D eigenvalue weighted by molar-refractivity contribution is 0.102. The second-order valence-electron chi connectivity index (χ2n) is 6.74. The van der Waals surface area contributed by atoms with Crippen LogP contribution in [0.1, 0.15) is 39.2 Å². The number of rotatable bonds is 5. The van der Waals surface area contributed by atoms with Crippen LogP contribution in [-0.2, 0) is 12.8 Å². The molecule has 0 aliphatic heterocycles. The number of carbonyl (C=O) groups excluding carboxylic acids is 1. The van der Waals surface area contributed by atoms with Crippen LogP contribution in [0.3, 0.4) is 0 Å². The van der Waals surface area contributed by atoms with Crippen molar-refractivity contribution >= 4 is 34.1 Å². The van der Waals surface area contributed by atoms with Crippen molar-refractivity contribution < 1.29 is 9.53 Å². The Balaban J connectivity index is 1.65. The Morgan fingerprint density at radius 3 is 2.57 bits per heavy atom. The van der Waals surface area contributed by atoms with Crippen molar-refractivity contribution in [3.8, 4) is 5.75 Å². The third kappa shape index (κ3) is 3.99. The quantitative estimate of drug-likeness (QED) is 0.573. The van der Waals surface area contributed by atoms with Crippen molar-refractivity contribution in [3.63, 3.8) is 0 Å². The Morgan fingerprint density at radius 1 is 1.07 bits per heavy atom. The number of nitrogens with zero attached hydrogens (tertiary/aromatic N) is 1. The number of anilines is 1. The molecule has 4 nitrogen and oxygen atoms in total. The van der Waals surface area contributed by atoms with Gasteiger partial charge in [0.1, 0.15) is 10.8 Å². The van der Waals surface area contributed by atoms with E-state index in [0.717, 1.165) is 46.8 Å². The molecule has 0 unspecified atom stereocenters. The highest BCUT2D eigenvalue weighted by Crippen LogP contribution is 2.40. The summed E-state index contributed by atoms with van der Waals surface area (Å²) in [6.07, 6.45) is 6.09. The summed E-state index contributed by atoms with van der Waals surface area (Å²) in [4.78, 5) is 19.1. The van der Waals surface area contributed by atoms with Gasteiger partial charge in [0.15, 0.2) is 0 Å². The smallest absolute Gasteiger partial charge is 0.259 e. The Morgan fingerprint density at radius 2 is 1.82 bits per heavy atom. The zero-order valence-corrected chi connectivity index (χ0v) is 16.6. The molecule has 142 valence electrons. The first-order valence-electron chi connectivity index (χ1n) is 9.43. The maximum absolute atomic E-state index is 13.1. The third-order valence-electron chi connectivity index (χ3n) is 4.86. The van der Waals surface area contributed by atoms with E-state index in [0.29, 0.717) is 0 Å². The lowest BCUT2D eigenvalue weighted by atomic mass is 9.95. The van der Waals surface area contributed by atoms with Crippen LogP contribution in [0.15, 0.2) is 59.6 Å². The van der Waals surface area contributed by atoms with Crippen molar-refractivity contribution in [2.45, 2.75) is 25.7 Å². The number of hydrogen-bond donors (Lipinski definition) is 1. The van der Waals surface area contributed by atoms with Crippen molar-refractivity contribution in [2.75, 3.05) is 12.4 Å². The van der Waals surface area contributed by atoms with E-state index >= 15 is 0 Å². The van der Waals surface area contributed by atoms with Gasteiger partial charge in [0.2, 0.25) is 0 Å². The number of fused-ring (bicyclic) bond motifs is 1. The maximum atomic E-state index is 13.1. The number of aliphatic imine (C=N–C) groups is 1. The molecule has 1 N–H and O–H groups in total. The van der Waals surface area contributed by atoms with Crippen LogP contribution in [0.5, 0.6) is 5.75 Å². The molecule has 0 bridgehead atoms. The number of amides is 1. The fourth-order valence-electron chi connectivity index (χ4n) is 3.41. The van der Waals surface area contributed by atoms with Gasteiger partial charge in [-0.15, -0.1) is 11.3 Å². The normalized spacial score (nSPS) is 13.3. The molecule has 1 heterocycles. The average molecular weight is 391 g/mol. The highest BCUT2D eigenvalue weighted by Gasteiger charge is 2.25. The van der Waals surface area contributed by atoms with E-state index in [1.165, 1.54) is 16.9 Å². The summed E-state index contributed by atoms with van der Waals surface area (Å²) in [5.41, 5.74) is 3.68. The number of methoxy groups -OCH3 is 1. The molecule has 1 aromatic heterocycles. The monoisotopic (exact) mass is 390 g/mol. The Kier molecular flexibility index (Phi) is 5.53. The van der Waals surface area contributed by atoms with Gasteiger partial charge in [-0.1, -0.05) is 18.2 Å². The molecule has 1 aliphatic carbocycles. The molecule has 5 heteroatoms. The van der Waals surface area contributed by atoms with Crippen molar-refractivity contribution in [3.05, 3.63) is 76.2 Å². The Labute approximate surface area is 168 Å². The summed E-state index contributed by atoms with van der Waals surface area (Å²) in [7, 11) is 1.65. The standard InChI is InChI=1S/C23H22N2O2S/c1-27-18-13-11-16(12-14-18)15-24-23-21(19-9-5-6-10-20(19)28-23)22(26)25-17-7-3-2-4-8-17/h2-4,7-8,11-15H,5-6,9-10H2,1H3,(H,25,26). The van der Waals surface area contributed by atoms with Gasteiger partial charge < -0.3 is 10.1 Å². The predicted octanol–water partition coefficient (Wildman–Crippen LogP) is 5.64. The highest BCUT2D eigenvalue weighted by atomic mass is 32.1. The summed E-state index contributed by atoms with van der Waals surface area (Å²) in [6.45, 7) is 0. The lowest BCUT2D eigenvalue weighted by Gasteiger charge is -2.12. The van der Waals surface area contributed by atoms with Crippen LogP contribution in [0.4, 0.5) is 10.7 Å². The number of nitrogens with one attached hydrogen (secondary N) is 1. The van der Waals surface area contributed by atoms with E-state index in [2.05, 4.69) is 5.32 Å². The van der Waals surface area contributed by atoms with Gasteiger partial charge in [-0.3, -0.25) is 4.79 Å². The Bertz CT molecular complexity index is 991. The second kappa shape index (κ2) is 8.40. The zero-order chi connectivity index (χ0) is 19.3. The van der Waals surface area contributed by atoms with Crippen LogP contribution in [0, 0.1) is 0 Å². The first-order chi connectivity index (χ1) is 13.7.